The van der Waals surface area contributed by atoms with Gasteiger partial charge in [-0.3, -0.25) is 9.66 Å². The SMILES string of the molecule is Cc1ccc(C)n1NC(C)c1cncs1. The van der Waals surface area contributed by atoms with Crippen LogP contribution in [0.15, 0.2) is 23.8 Å². The van der Waals surface area contributed by atoms with Crippen LogP contribution in [0.1, 0.15) is 29.2 Å². The van der Waals surface area contributed by atoms with Crippen LogP contribution in [0, 0.1) is 13.8 Å². The van der Waals surface area contributed by atoms with Gasteiger partial charge in [0.2, 0.25) is 0 Å². The highest BCUT2D eigenvalue weighted by atomic mass is 32.1. The molecule has 0 fully saturated rings. The molecule has 0 aromatic carbocycles. The van der Waals surface area contributed by atoms with Gasteiger partial charge in [-0.05, 0) is 32.9 Å². The zero-order valence-electron chi connectivity index (χ0n) is 9.19. The molecule has 1 N–H and O–H groups in total. The molecular weight excluding hydrogens is 206 g/mol. The average molecular weight is 221 g/mol. The van der Waals surface area contributed by atoms with E-state index in [0.717, 1.165) is 0 Å². The van der Waals surface area contributed by atoms with Crippen LogP contribution in [-0.4, -0.2) is 9.66 Å². The predicted molar refractivity (Wildman–Crippen MR) is 63.8 cm³/mol. The van der Waals surface area contributed by atoms with Gasteiger partial charge in [0.05, 0.1) is 11.6 Å². The molecule has 80 valence electrons. The summed E-state index contributed by atoms with van der Waals surface area (Å²) >= 11 is 1.68. The molecule has 3 nitrogen and oxygen atoms in total. The Kier molecular flexibility index (Phi) is 2.77. The average Bonchev–Trinajstić information content (AvgIpc) is 2.82. The van der Waals surface area contributed by atoms with E-state index in [1.807, 2.05) is 11.7 Å². The number of nitrogens with one attached hydrogen (secondary N) is 1. The van der Waals surface area contributed by atoms with E-state index in [2.05, 4.69) is 48.0 Å². The van der Waals surface area contributed by atoms with E-state index in [9.17, 15) is 0 Å². The molecule has 2 rings (SSSR count). The van der Waals surface area contributed by atoms with Crippen LogP contribution in [0.2, 0.25) is 0 Å². The molecular formula is C11H15N3S. The lowest BCUT2D eigenvalue weighted by Crippen LogP contribution is -2.20. The Bertz CT molecular complexity index is 411. The molecule has 0 saturated heterocycles. The number of nitrogens with zero attached hydrogens (tertiary/aromatic N) is 2. The molecule has 15 heavy (non-hydrogen) atoms. The van der Waals surface area contributed by atoms with E-state index in [1.54, 1.807) is 11.3 Å². The standard InChI is InChI=1S/C11H15N3S/c1-8-4-5-9(2)14(8)13-10(3)11-6-12-7-15-11/h4-7,10,13H,1-3H3. The maximum atomic E-state index is 4.09. The van der Waals surface area contributed by atoms with Crippen LogP contribution in [0.5, 0.6) is 0 Å². The third-order valence-electron chi connectivity index (χ3n) is 2.47. The Labute approximate surface area is 93.7 Å². The van der Waals surface area contributed by atoms with Crippen molar-refractivity contribution in [2.24, 2.45) is 0 Å². The van der Waals surface area contributed by atoms with Gasteiger partial charge in [0.1, 0.15) is 0 Å². The van der Waals surface area contributed by atoms with Crippen molar-refractivity contribution in [3.8, 4) is 0 Å². The lowest BCUT2D eigenvalue weighted by Gasteiger charge is -2.17. The largest absolute Gasteiger partial charge is 0.318 e. The van der Waals surface area contributed by atoms with Gasteiger partial charge in [0.25, 0.3) is 0 Å². The van der Waals surface area contributed by atoms with Crippen molar-refractivity contribution in [2.45, 2.75) is 26.8 Å². The maximum absolute atomic E-state index is 4.09. The van der Waals surface area contributed by atoms with Crippen LogP contribution >= 0.6 is 11.3 Å². The van der Waals surface area contributed by atoms with Crippen molar-refractivity contribution >= 4 is 11.3 Å². The summed E-state index contributed by atoms with van der Waals surface area (Å²) in [6.45, 7) is 6.34. The minimum Gasteiger partial charge on any atom is -0.318 e. The highest BCUT2D eigenvalue weighted by molar-refractivity contribution is 7.09. The number of hydrogen-bond acceptors (Lipinski definition) is 3. The van der Waals surface area contributed by atoms with E-state index >= 15 is 0 Å². The minimum absolute atomic E-state index is 0.294. The van der Waals surface area contributed by atoms with E-state index in [0.29, 0.717) is 6.04 Å². The fourth-order valence-corrected chi connectivity index (χ4v) is 2.19. The van der Waals surface area contributed by atoms with Gasteiger partial charge in [-0.15, -0.1) is 11.3 Å². The molecule has 1 atom stereocenters. The summed E-state index contributed by atoms with van der Waals surface area (Å²) < 4.78 is 2.12. The van der Waals surface area contributed by atoms with E-state index in [-0.39, 0.29) is 0 Å². The Morgan fingerprint density at radius 2 is 2.00 bits per heavy atom. The molecule has 2 aromatic rings. The third-order valence-corrected chi connectivity index (χ3v) is 3.43. The fourth-order valence-electron chi connectivity index (χ4n) is 1.57. The third kappa shape index (κ3) is 2.04. The van der Waals surface area contributed by atoms with Crippen molar-refractivity contribution in [1.82, 2.24) is 9.66 Å². The molecule has 2 aromatic heterocycles. The molecule has 0 aliphatic heterocycles. The minimum atomic E-state index is 0.294. The van der Waals surface area contributed by atoms with E-state index < -0.39 is 0 Å². The van der Waals surface area contributed by atoms with Crippen molar-refractivity contribution in [2.75, 3.05) is 5.43 Å². The highest BCUT2D eigenvalue weighted by Crippen LogP contribution is 2.18. The van der Waals surface area contributed by atoms with Gasteiger partial charge in [0.15, 0.2) is 0 Å². The van der Waals surface area contributed by atoms with Crippen molar-refractivity contribution in [3.05, 3.63) is 40.1 Å². The van der Waals surface area contributed by atoms with Crippen LogP contribution in [-0.2, 0) is 0 Å². The number of aryl methyl sites for hydroxylation is 2. The van der Waals surface area contributed by atoms with Gasteiger partial charge >= 0.3 is 0 Å². The van der Waals surface area contributed by atoms with E-state index in [4.69, 9.17) is 0 Å². The molecule has 0 aliphatic rings. The monoisotopic (exact) mass is 221 g/mol. The summed E-state index contributed by atoms with van der Waals surface area (Å²) in [4.78, 5) is 5.34. The zero-order chi connectivity index (χ0) is 10.8. The summed E-state index contributed by atoms with van der Waals surface area (Å²) in [7, 11) is 0. The predicted octanol–water partition coefficient (Wildman–Crippen LogP) is 2.87. The molecule has 0 spiro atoms. The second-order valence-electron chi connectivity index (χ2n) is 3.71. The summed E-state index contributed by atoms with van der Waals surface area (Å²) in [5.74, 6) is 0. The molecule has 0 amide bonds. The van der Waals surface area contributed by atoms with Crippen LogP contribution in [0.3, 0.4) is 0 Å². The number of thiazole rings is 1. The number of aromatic nitrogens is 2. The Balaban J connectivity index is 2.16. The van der Waals surface area contributed by atoms with Crippen LogP contribution in [0.4, 0.5) is 0 Å². The summed E-state index contributed by atoms with van der Waals surface area (Å²) in [5, 5.41) is 0. The fraction of sp³-hybridized carbons (Fsp3) is 0.364. The van der Waals surface area contributed by atoms with Gasteiger partial charge in [-0.1, -0.05) is 0 Å². The van der Waals surface area contributed by atoms with E-state index in [1.165, 1.54) is 16.3 Å². The molecule has 2 heterocycles. The molecule has 0 bridgehead atoms. The van der Waals surface area contributed by atoms with Gasteiger partial charge < -0.3 is 5.43 Å². The van der Waals surface area contributed by atoms with Crippen molar-refractivity contribution < 1.29 is 0 Å². The normalized spacial score (nSPS) is 12.7. The summed E-state index contributed by atoms with van der Waals surface area (Å²) in [6.07, 6.45) is 1.91. The smallest absolute Gasteiger partial charge is 0.0795 e. The zero-order valence-corrected chi connectivity index (χ0v) is 10.0. The van der Waals surface area contributed by atoms with Crippen molar-refractivity contribution in [3.63, 3.8) is 0 Å². The first kappa shape index (κ1) is 10.2. The first-order valence-electron chi connectivity index (χ1n) is 4.98. The first-order valence-corrected chi connectivity index (χ1v) is 5.86. The molecule has 0 radical (unpaired) electrons. The molecule has 0 saturated carbocycles. The highest BCUT2D eigenvalue weighted by Gasteiger charge is 2.08. The van der Waals surface area contributed by atoms with Gasteiger partial charge in [-0.2, -0.15) is 0 Å². The molecule has 1 unspecified atom stereocenters. The van der Waals surface area contributed by atoms with Crippen molar-refractivity contribution in [1.29, 1.82) is 0 Å². The number of rotatable bonds is 3. The summed E-state index contributed by atoms with van der Waals surface area (Å²) in [6, 6.07) is 4.52. The van der Waals surface area contributed by atoms with Crippen LogP contribution < -0.4 is 5.43 Å². The van der Waals surface area contributed by atoms with Crippen LogP contribution in [0.25, 0.3) is 0 Å². The summed E-state index contributed by atoms with van der Waals surface area (Å²) in [5.41, 5.74) is 7.76. The maximum Gasteiger partial charge on any atom is 0.0795 e. The quantitative estimate of drug-likeness (QED) is 0.863. The first-order chi connectivity index (χ1) is 7.18. The Morgan fingerprint density at radius 1 is 1.33 bits per heavy atom. The molecule has 4 heteroatoms. The Hall–Kier alpha value is -1.29. The lowest BCUT2D eigenvalue weighted by molar-refractivity contribution is 0.707. The second kappa shape index (κ2) is 4.06. The topological polar surface area (TPSA) is 29.9 Å². The lowest BCUT2D eigenvalue weighted by atomic mass is 10.3. The number of hydrogen-bond donors (Lipinski definition) is 1. The Morgan fingerprint density at radius 3 is 2.53 bits per heavy atom. The van der Waals surface area contributed by atoms with Gasteiger partial charge in [-0.25, -0.2) is 0 Å². The van der Waals surface area contributed by atoms with Gasteiger partial charge in [0, 0.05) is 22.5 Å². The molecule has 0 aliphatic carbocycles. The second-order valence-corrected chi connectivity index (χ2v) is 4.62.